The summed E-state index contributed by atoms with van der Waals surface area (Å²) in [4.78, 5) is 6.03. The van der Waals surface area contributed by atoms with E-state index in [0.29, 0.717) is 12.6 Å². The zero-order valence-electron chi connectivity index (χ0n) is 11.2. The highest BCUT2D eigenvalue weighted by molar-refractivity contribution is 7.89. The molecule has 1 heterocycles. The minimum atomic E-state index is -3.64. The van der Waals surface area contributed by atoms with Gasteiger partial charge in [0.05, 0.1) is 5.69 Å². The molecule has 2 rings (SSSR count). The van der Waals surface area contributed by atoms with Crippen molar-refractivity contribution in [3.8, 4) is 0 Å². The summed E-state index contributed by atoms with van der Waals surface area (Å²) in [6.45, 7) is 2.36. The second kappa shape index (κ2) is 5.44. The SMILES string of the molecule is CC(CNS(=O)(=O)c1ncccc1N)N(C)C1CC1. The summed E-state index contributed by atoms with van der Waals surface area (Å²) < 4.78 is 26.8. The van der Waals surface area contributed by atoms with E-state index in [1.807, 2.05) is 14.0 Å². The Labute approximate surface area is 114 Å². The third-order valence-corrected chi connectivity index (χ3v) is 4.84. The lowest BCUT2D eigenvalue weighted by Crippen LogP contribution is -2.41. The van der Waals surface area contributed by atoms with Crippen LogP contribution in [0.15, 0.2) is 23.4 Å². The Morgan fingerprint density at radius 1 is 1.58 bits per heavy atom. The van der Waals surface area contributed by atoms with E-state index in [9.17, 15) is 8.42 Å². The molecule has 0 saturated heterocycles. The molecule has 0 spiro atoms. The van der Waals surface area contributed by atoms with Crippen LogP contribution in [0.3, 0.4) is 0 Å². The summed E-state index contributed by atoms with van der Waals surface area (Å²) in [6, 6.07) is 3.88. The molecule has 6 nitrogen and oxygen atoms in total. The molecule has 1 aromatic heterocycles. The zero-order chi connectivity index (χ0) is 14.0. The Morgan fingerprint density at radius 3 is 2.84 bits per heavy atom. The number of nitrogen functional groups attached to an aromatic ring is 1. The Balaban J connectivity index is 2.00. The first kappa shape index (κ1) is 14.2. The Bertz CT molecular complexity index is 542. The van der Waals surface area contributed by atoms with Crippen LogP contribution in [0.4, 0.5) is 5.69 Å². The third kappa shape index (κ3) is 3.43. The van der Waals surface area contributed by atoms with Crippen molar-refractivity contribution < 1.29 is 8.42 Å². The largest absolute Gasteiger partial charge is 0.396 e. The molecule has 1 aliphatic rings. The lowest BCUT2D eigenvalue weighted by atomic mass is 10.3. The van der Waals surface area contributed by atoms with Gasteiger partial charge in [-0.25, -0.2) is 18.1 Å². The molecule has 1 saturated carbocycles. The monoisotopic (exact) mass is 284 g/mol. The number of pyridine rings is 1. The molecule has 106 valence electrons. The molecule has 0 amide bonds. The van der Waals surface area contributed by atoms with Crippen molar-refractivity contribution in [3.05, 3.63) is 18.3 Å². The Morgan fingerprint density at radius 2 is 2.26 bits per heavy atom. The third-order valence-electron chi connectivity index (χ3n) is 3.44. The molecule has 3 N–H and O–H groups in total. The summed E-state index contributed by atoms with van der Waals surface area (Å²) in [7, 11) is -1.62. The number of nitrogens with two attached hydrogens (primary N) is 1. The van der Waals surface area contributed by atoms with Crippen LogP contribution in [-0.2, 0) is 10.0 Å². The van der Waals surface area contributed by atoms with Crippen LogP contribution >= 0.6 is 0 Å². The lowest BCUT2D eigenvalue weighted by molar-refractivity contribution is 0.248. The maximum atomic E-state index is 12.1. The van der Waals surface area contributed by atoms with Gasteiger partial charge in [0, 0.05) is 24.8 Å². The van der Waals surface area contributed by atoms with Gasteiger partial charge in [-0.1, -0.05) is 0 Å². The highest BCUT2D eigenvalue weighted by atomic mass is 32.2. The molecule has 7 heteroatoms. The van der Waals surface area contributed by atoms with E-state index in [2.05, 4.69) is 14.6 Å². The van der Waals surface area contributed by atoms with E-state index in [0.717, 1.165) is 0 Å². The average Bonchev–Trinajstić information content (AvgIpc) is 3.19. The summed E-state index contributed by atoms with van der Waals surface area (Å²) >= 11 is 0. The summed E-state index contributed by atoms with van der Waals surface area (Å²) in [5.74, 6) is 0. The van der Waals surface area contributed by atoms with Crippen molar-refractivity contribution in [2.45, 2.75) is 36.9 Å². The molecular formula is C12H20N4O2S. The van der Waals surface area contributed by atoms with Crippen molar-refractivity contribution in [2.24, 2.45) is 0 Å². The summed E-state index contributed by atoms with van der Waals surface area (Å²) in [5.41, 5.74) is 5.80. The smallest absolute Gasteiger partial charge is 0.260 e. The first-order valence-electron chi connectivity index (χ1n) is 6.34. The molecule has 1 aliphatic carbocycles. The highest BCUT2D eigenvalue weighted by Crippen LogP contribution is 2.26. The first-order valence-corrected chi connectivity index (χ1v) is 7.82. The zero-order valence-corrected chi connectivity index (χ0v) is 12.0. The van der Waals surface area contributed by atoms with Gasteiger partial charge in [-0.15, -0.1) is 0 Å². The molecule has 0 bridgehead atoms. The number of rotatable bonds is 6. The first-order chi connectivity index (χ1) is 8.92. The number of nitrogens with zero attached hydrogens (tertiary/aromatic N) is 2. The molecule has 19 heavy (non-hydrogen) atoms. The maximum Gasteiger partial charge on any atom is 0.260 e. The molecule has 1 atom stereocenters. The highest BCUT2D eigenvalue weighted by Gasteiger charge is 2.30. The lowest BCUT2D eigenvalue weighted by Gasteiger charge is -2.24. The molecular weight excluding hydrogens is 264 g/mol. The predicted octanol–water partition coefficient (Wildman–Crippen LogP) is 0.425. The van der Waals surface area contributed by atoms with Gasteiger partial charge in [0.1, 0.15) is 0 Å². The maximum absolute atomic E-state index is 12.1. The van der Waals surface area contributed by atoms with Crippen LogP contribution in [0.1, 0.15) is 19.8 Å². The predicted molar refractivity (Wildman–Crippen MR) is 74.1 cm³/mol. The molecule has 1 aromatic rings. The van der Waals surface area contributed by atoms with Crippen LogP contribution < -0.4 is 10.5 Å². The number of aromatic nitrogens is 1. The van der Waals surface area contributed by atoms with Crippen LogP contribution in [-0.4, -0.2) is 44.0 Å². The number of hydrogen-bond donors (Lipinski definition) is 2. The van der Waals surface area contributed by atoms with Gasteiger partial charge in [-0.05, 0) is 38.9 Å². The van der Waals surface area contributed by atoms with Gasteiger partial charge >= 0.3 is 0 Å². The molecule has 1 unspecified atom stereocenters. The Kier molecular flexibility index (Phi) is 4.07. The van der Waals surface area contributed by atoms with E-state index in [4.69, 9.17) is 5.73 Å². The van der Waals surface area contributed by atoms with Gasteiger partial charge in [0.15, 0.2) is 5.03 Å². The van der Waals surface area contributed by atoms with Crippen molar-refractivity contribution in [2.75, 3.05) is 19.3 Å². The number of anilines is 1. The van der Waals surface area contributed by atoms with Gasteiger partial charge in [0.25, 0.3) is 10.0 Å². The minimum Gasteiger partial charge on any atom is -0.396 e. The van der Waals surface area contributed by atoms with Crippen molar-refractivity contribution >= 4 is 15.7 Å². The van der Waals surface area contributed by atoms with E-state index in [-0.39, 0.29) is 16.8 Å². The van der Waals surface area contributed by atoms with Crippen molar-refractivity contribution in [1.82, 2.24) is 14.6 Å². The summed E-state index contributed by atoms with van der Waals surface area (Å²) in [5, 5.41) is -0.101. The van der Waals surface area contributed by atoms with E-state index in [1.54, 1.807) is 6.07 Å². The van der Waals surface area contributed by atoms with E-state index < -0.39 is 10.0 Å². The van der Waals surface area contributed by atoms with E-state index in [1.165, 1.54) is 25.1 Å². The number of nitrogens with one attached hydrogen (secondary N) is 1. The fourth-order valence-electron chi connectivity index (χ4n) is 1.91. The van der Waals surface area contributed by atoms with Gasteiger partial charge in [0.2, 0.25) is 0 Å². The van der Waals surface area contributed by atoms with Crippen molar-refractivity contribution in [1.29, 1.82) is 0 Å². The fraction of sp³-hybridized carbons (Fsp3) is 0.583. The topological polar surface area (TPSA) is 88.3 Å². The van der Waals surface area contributed by atoms with Crippen LogP contribution in [0.25, 0.3) is 0 Å². The molecule has 0 radical (unpaired) electrons. The minimum absolute atomic E-state index is 0.101. The Hall–Kier alpha value is -1.18. The van der Waals surface area contributed by atoms with Crippen LogP contribution in [0.5, 0.6) is 0 Å². The van der Waals surface area contributed by atoms with Crippen LogP contribution in [0, 0.1) is 0 Å². The molecule has 1 fully saturated rings. The standard InChI is InChI=1S/C12H20N4O2S/c1-9(16(2)10-5-6-10)8-15-19(17,18)12-11(13)4-3-7-14-12/h3-4,7,9-10,15H,5-6,8,13H2,1-2H3. The quantitative estimate of drug-likeness (QED) is 0.790. The molecule has 0 aromatic carbocycles. The van der Waals surface area contributed by atoms with Gasteiger partial charge in [-0.3, -0.25) is 4.90 Å². The van der Waals surface area contributed by atoms with Gasteiger partial charge in [-0.2, -0.15) is 0 Å². The summed E-state index contributed by atoms with van der Waals surface area (Å²) in [6.07, 6.45) is 3.81. The number of hydrogen-bond acceptors (Lipinski definition) is 5. The van der Waals surface area contributed by atoms with Gasteiger partial charge < -0.3 is 5.73 Å². The number of sulfonamides is 1. The second-order valence-electron chi connectivity index (χ2n) is 5.00. The second-order valence-corrected chi connectivity index (χ2v) is 6.68. The average molecular weight is 284 g/mol. The van der Waals surface area contributed by atoms with E-state index >= 15 is 0 Å². The van der Waals surface area contributed by atoms with Crippen molar-refractivity contribution in [3.63, 3.8) is 0 Å². The number of likely N-dealkylation sites (N-methyl/N-ethyl adjacent to an activating group) is 1. The van der Waals surface area contributed by atoms with Crippen LogP contribution in [0.2, 0.25) is 0 Å². The normalized spacial score (nSPS) is 17.6. The fourth-order valence-corrected chi connectivity index (χ4v) is 3.09. The molecule has 0 aliphatic heterocycles.